The molecule has 1 amide bonds. The van der Waals surface area contributed by atoms with Crippen LogP contribution in [-0.4, -0.2) is 45.5 Å². The van der Waals surface area contributed by atoms with Gasteiger partial charge in [0.25, 0.3) is 5.91 Å². The summed E-state index contributed by atoms with van der Waals surface area (Å²) in [5.74, 6) is 1.74. The molecule has 0 N–H and O–H groups in total. The third-order valence-corrected chi connectivity index (χ3v) is 5.94. The fourth-order valence-electron chi connectivity index (χ4n) is 3.58. The van der Waals surface area contributed by atoms with Crippen LogP contribution in [0.5, 0.6) is 5.88 Å². The first-order valence-corrected chi connectivity index (χ1v) is 10.3. The number of pyridine rings is 1. The van der Waals surface area contributed by atoms with E-state index in [1.54, 1.807) is 18.7 Å². The van der Waals surface area contributed by atoms with E-state index in [9.17, 15) is 4.79 Å². The third kappa shape index (κ3) is 4.46. The van der Waals surface area contributed by atoms with Crippen LogP contribution < -0.4 is 4.74 Å². The van der Waals surface area contributed by atoms with E-state index in [1.807, 2.05) is 17.0 Å². The highest BCUT2D eigenvalue weighted by molar-refractivity contribution is 9.10. The molecule has 4 rings (SSSR count). The van der Waals surface area contributed by atoms with Crippen molar-refractivity contribution in [2.75, 3.05) is 19.7 Å². The fourth-order valence-corrected chi connectivity index (χ4v) is 3.94. The highest BCUT2D eigenvalue weighted by atomic mass is 79.9. The summed E-state index contributed by atoms with van der Waals surface area (Å²) in [7, 11) is 0. The van der Waals surface area contributed by atoms with Gasteiger partial charge >= 0.3 is 0 Å². The van der Waals surface area contributed by atoms with Gasteiger partial charge in [-0.3, -0.25) is 9.78 Å². The van der Waals surface area contributed by atoms with Gasteiger partial charge in [0.1, 0.15) is 6.33 Å². The number of hydrogen-bond donors (Lipinski definition) is 0. The Hall–Kier alpha value is -2.02. The molecule has 27 heavy (non-hydrogen) atoms. The summed E-state index contributed by atoms with van der Waals surface area (Å²) in [6.07, 6.45) is 10.5. The number of nitrogens with zero attached hydrogens (tertiary/aromatic N) is 4. The fraction of sp³-hybridized carbons (Fsp3) is 0.500. The second kappa shape index (κ2) is 8.33. The highest BCUT2D eigenvalue weighted by Crippen LogP contribution is 2.35. The first kappa shape index (κ1) is 18.3. The summed E-state index contributed by atoms with van der Waals surface area (Å²) in [4.78, 5) is 27.2. The molecule has 7 heteroatoms. The lowest BCUT2D eigenvalue weighted by Crippen LogP contribution is -2.39. The molecule has 1 aliphatic carbocycles. The average molecular weight is 431 g/mol. The maximum absolute atomic E-state index is 12.6. The molecule has 0 aromatic carbocycles. The molecule has 2 aromatic heterocycles. The molecule has 0 bridgehead atoms. The molecule has 2 aliphatic rings. The predicted octanol–water partition coefficient (Wildman–Crippen LogP) is 3.83. The molecule has 6 nitrogen and oxygen atoms in total. The molecule has 0 radical (unpaired) electrons. The molecule has 0 unspecified atom stereocenters. The van der Waals surface area contributed by atoms with Crippen molar-refractivity contribution in [2.45, 2.75) is 38.0 Å². The SMILES string of the molecule is O=C(c1cncc(Br)c1)N1CCC(COc2cc(C3CCC3)ncn2)CC1. The Morgan fingerprint density at radius 2 is 1.96 bits per heavy atom. The number of halogens is 1. The van der Waals surface area contributed by atoms with Gasteiger partial charge in [-0.05, 0) is 53.6 Å². The Kier molecular flexibility index (Phi) is 5.66. The summed E-state index contributed by atoms with van der Waals surface area (Å²) in [5.41, 5.74) is 1.73. The van der Waals surface area contributed by atoms with E-state index in [0.29, 0.717) is 29.9 Å². The first-order valence-electron chi connectivity index (χ1n) is 9.53. The van der Waals surface area contributed by atoms with E-state index >= 15 is 0 Å². The van der Waals surface area contributed by atoms with Gasteiger partial charge in [0, 0.05) is 41.9 Å². The maximum atomic E-state index is 12.6. The van der Waals surface area contributed by atoms with Gasteiger partial charge in [0.2, 0.25) is 5.88 Å². The molecule has 0 spiro atoms. The van der Waals surface area contributed by atoms with Crippen LogP contribution in [0, 0.1) is 5.92 Å². The Labute approximate surface area is 167 Å². The van der Waals surface area contributed by atoms with Crippen molar-refractivity contribution in [3.05, 3.63) is 46.6 Å². The number of ether oxygens (including phenoxy) is 1. The second-order valence-electron chi connectivity index (χ2n) is 7.35. The van der Waals surface area contributed by atoms with Gasteiger partial charge in [0.05, 0.1) is 17.9 Å². The summed E-state index contributed by atoms with van der Waals surface area (Å²) >= 11 is 3.37. The number of piperidine rings is 1. The Balaban J connectivity index is 1.26. The smallest absolute Gasteiger partial charge is 0.255 e. The number of carbonyl (C=O) groups is 1. The van der Waals surface area contributed by atoms with Crippen molar-refractivity contribution < 1.29 is 9.53 Å². The van der Waals surface area contributed by atoms with Gasteiger partial charge in [0.15, 0.2) is 0 Å². The summed E-state index contributed by atoms with van der Waals surface area (Å²) in [5, 5.41) is 0. The maximum Gasteiger partial charge on any atom is 0.255 e. The van der Waals surface area contributed by atoms with Gasteiger partial charge in [-0.15, -0.1) is 0 Å². The molecule has 142 valence electrons. The second-order valence-corrected chi connectivity index (χ2v) is 8.26. The minimum absolute atomic E-state index is 0.0455. The van der Waals surface area contributed by atoms with E-state index < -0.39 is 0 Å². The number of carbonyl (C=O) groups excluding carboxylic acids is 1. The normalized spacial score (nSPS) is 18.2. The van der Waals surface area contributed by atoms with Crippen molar-refractivity contribution in [1.29, 1.82) is 0 Å². The van der Waals surface area contributed by atoms with Crippen LogP contribution >= 0.6 is 15.9 Å². The zero-order valence-electron chi connectivity index (χ0n) is 15.2. The van der Waals surface area contributed by atoms with Crippen molar-refractivity contribution in [2.24, 2.45) is 5.92 Å². The van der Waals surface area contributed by atoms with Gasteiger partial charge in [-0.2, -0.15) is 0 Å². The van der Waals surface area contributed by atoms with E-state index in [4.69, 9.17) is 4.74 Å². The predicted molar refractivity (Wildman–Crippen MR) is 105 cm³/mol. The lowest BCUT2D eigenvalue weighted by atomic mass is 9.83. The van der Waals surface area contributed by atoms with Gasteiger partial charge in [-0.25, -0.2) is 9.97 Å². The number of rotatable bonds is 5. The van der Waals surface area contributed by atoms with Crippen LogP contribution in [0.3, 0.4) is 0 Å². The monoisotopic (exact) mass is 430 g/mol. The van der Waals surface area contributed by atoms with Crippen LogP contribution in [0.15, 0.2) is 35.3 Å². The number of amides is 1. The molecule has 1 aliphatic heterocycles. The van der Waals surface area contributed by atoms with E-state index in [1.165, 1.54) is 19.3 Å². The lowest BCUT2D eigenvalue weighted by molar-refractivity contribution is 0.0658. The van der Waals surface area contributed by atoms with Crippen LogP contribution in [-0.2, 0) is 0 Å². The molecule has 3 heterocycles. The van der Waals surface area contributed by atoms with Crippen LogP contribution in [0.25, 0.3) is 0 Å². The van der Waals surface area contributed by atoms with E-state index in [2.05, 4.69) is 30.9 Å². The Morgan fingerprint density at radius 3 is 2.67 bits per heavy atom. The van der Waals surface area contributed by atoms with Crippen molar-refractivity contribution in [3.8, 4) is 5.88 Å². The minimum Gasteiger partial charge on any atom is -0.477 e. The minimum atomic E-state index is 0.0455. The standard InChI is InChI=1S/C20H23BrN4O2/c21-17-8-16(10-22-11-17)20(26)25-6-4-14(5-7-25)12-27-19-9-18(23-13-24-19)15-2-1-3-15/h8-11,13-15H,1-7,12H2. The van der Waals surface area contributed by atoms with Crippen molar-refractivity contribution in [3.63, 3.8) is 0 Å². The van der Waals surface area contributed by atoms with Crippen LogP contribution in [0.1, 0.15) is 54.1 Å². The van der Waals surface area contributed by atoms with Gasteiger partial charge in [-0.1, -0.05) is 6.42 Å². The zero-order chi connectivity index (χ0) is 18.6. The molecule has 1 saturated heterocycles. The highest BCUT2D eigenvalue weighted by Gasteiger charge is 2.25. The Morgan fingerprint density at radius 1 is 1.15 bits per heavy atom. The number of hydrogen-bond acceptors (Lipinski definition) is 5. The largest absolute Gasteiger partial charge is 0.477 e. The Bertz CT molecular complexity index is 804. The quantitative estimate of drug-likeness (QED) is 0.720. The van der Waals surface area contributed by atoms with Crippen molar-refractivity contribution >= 4 is 21.8 Å². The molecular formula is C20H23BrN4O2. The first-order chi connectivity index (χ1) is 13.2. The van der Waals surface area contributed by atoms with Crippen LogP contribution in [0.4, 0.5) is 0 Å². The summed E-state index contributed by atoms with van der Waals surface area (Å²) < 4.78 is 6.75. The molecule has 1 saturated carbocycles. The number of likely N-dealkylation sites (tertiary alicyclic amines) is 1. The lowest BCUT2D eigenvalue weighted by Gasteiger charge is -2.32. The zero-order valence-corrected chi connectivity index (χ0v) is 16.8. The summed E-state index contributed by atoms with van der Waals surface area (Å²) in [6.45, 7) is 2.13. The average Bonchev–Trinajstić information content (AvgIpc) is 2.65. The topological polar surface area (TPSA) is 68.2 Å². The van der Waals surface area contributed by atoms with Crippen LogP contribution in [0.2, 0.25) is 0 Å². The van der Waals surface area contributed by atoms with E-state index in [0.717, 1.165) is 36.1 Å². The molecule has 0 atom stereocenters. The third-order valence-electron chi connectivity index (χ3n) is 5.51. The molecule has 2 aromatic rings. The molecule has 2 fully saturated rings. The van der Waals surface area contributed by atoms with E-state index in [-0.39, 0.29) is 5.91 Å². The number of aromatic nitrogens is 3. The molecular weight excluding hydrogens is 408 g/mol. The summed E-state index contributed by atoms with van der Waals surface area (Å²) in [6, 6.07) is 3.81. The van der Waals surface area contributed by atoms with Crippen molar-refractivity contribution in [1.82, 2.24) is 19.9 Å². The van der Waals surface area contributed by atoms with Gasteiger partial charge < -0.3 is 9.64 Å².